The highest BCUT2D eigenvalue weighted by atomic mass is 35.5. The molecule has 0 saturated carbocycles. The number of alkyl halides is 3. The van der Waals surface area contributed by atoms with Crippen LogP contribution in [0.1, 0.15) is 16.7 Å². The maximum atomic E-state index is 13.2. The molecular formula is C15H11ClF4O. The molecule has 1 nitrogen and oxygen atoms in total. The van der Waals surface area contributed by atoms with Crippen LogP contribution >= 0.6 is 11.6 Å². The Labute approximate surface area is 124 Å². The zero-order chi connectivity index (χ0) is 15.6. The standard InChI is InChI=1S/C15H11ClF4O/c1-21-13-4-2-3-10(14(13)15(18,19)20)7-9-5-6-11(17)8-12(9)16/h2-6,8H,7H2,1H3. The Balaban J connectivity index is 2.49. The van der Waals surface area contributed by atoms with Crippen LogP contribution in [0.15, 0.2) is 36.4 Å². The number of hydrogen-bond acceptors (Lipinski definition) is 1. The summed E-state index contributed by atoms with van der Waals surface area (Å²) in [5.74, 6) is -0.788. The van der Waals surface area contributed by atoms with Crippen molar-refractivity contribution in [1.29, 1.82) is 0 Å². The van der Waals surface area contributed by atoms with Crippen LogP contribution in [0.25, 0.3) is 0 Å². The van der Waals surface area contributed by atoms with E-state index < -0.39 is 17.6 Å². The monoisotopic (exact) mass is 318 g/mol. The third-order valence-electron chi connectivity index (χ3n) is 3.01. The number of halogens is 5. The first-order valence-corrected chi connectivity index (χ1v) is 6.37. The van der Waals surface area contributed by atoms with Crippen molar-refractivity contribution < 1.29 is 22.3 Å². The van der Waals surface area contributed by atoms with E-state index >= 15 is 0 Å². The van der Waals surface area contributed by atoms with E-state index in [2.05, 4.69) is 0 Å². The summed E-state index contributed by atoms with van der Waals surface area (Å²) >= 11 is 5.87. The Hall–Kier alpha value is -1.75. The highest BCUT2D eigenvalue weighted by Crippen LogP contribution is 2.39. The quantitative estimate of drug-likeness (QED) is 0.716. The summed E-state index contributed by atoms with van der Waals surface area (Å²) in [7, 11) is 1.18. The fraction of sp³-hybridized carbons (Fsp3) is 0.200. The van der Waals surface area contributed by atoms with Crippen molar-refractivity contribution in [3.8, 4) is 5.75 Å². The Morgan fingerprint density at radius 2 is 1.81 bits per heavy atom. The topological polar surface area (TPSA) is 9.23 Å². The summed E-state index contributed by atoms with van der Waals surface area (Å²) < 4.78 is 57.3. The van der Waals surface area contributed by atoms with Crippen molar-refractivity contribution >= 4 is 11.6 Å². The minimum absolute atomic E-state index is 0.0235. The SMILES string of the molecule is COc1cccc(Cc2ccc(F)cc2Cl)c1C(F)(F)F. The molecule has 0 bridgehead atoms. The molecule has 0 fully saturated rings. The predicted molar refractivity (Wildman–Crippen MR) is 72.2 cm³/mol. The molecule has 0 aromatic heterocycles. The molecule has 0 radical (unpaired) electrons. The Bertz CT molecular complexity index is 653. The molecule has 21 heavy (non-hydrogen) atoms. The van der Waals surface area contributed by atoms with Crippen molar-refractivity contribution in [1.82, 2.24) is 0 Å². The summed E-state index contributed by atoms with van der Waals surface area (Å²) in [6.45, 7) is 0. The van der Waals surface area contributed by atoms with Gasteiger partial charge in [-0.15, -0.1) is 0 Å². The maximum Gasteiger partial charge on any atom is 0.420 e. The highest BCUT2D eigenvalue weighted by molar-refractivity contribution is 6.31. The lowest BCUT2D eigenvalue weighted by Gasteiger charge is -2.17. The Morgan fingerprint density at radius 3 is 2.38 bits per heavy atom. The molecule has 0 amide bonds. The maximum absolute atomic E-state index is 13.2. The van der Waals surface area contributed by atoms with Crippen LogP contribution in [0, 0.1) is 5.82 Å². The molecule has 0 atom stereocenters. The van der Waals surface area contributed by atoms with Crippen LogP contribution in [-0.4, -0.2) is 7.11 Å². The first kappa shape index (κ1) is 15.6. The van der Waals surface area contributed by atoms with Crippen LogP contribution in [0.3, 0.4) is 0 Å². The molecule has 0 spiro atoms. The number of methoxy groups -OCH3 is 1. The molecule has 2 aromatic carbocycles. The van der Waals surface area contributed by atoms with Crippen LogP contribution < -0.4 is 4.74 Å². The van der Waals surface area contributed by atoms with Gasteiger partial charge in [-0.25, -0.2) is 4.39 Å². The molecule has 0 aliphatic rings. The minimum Gasteiger partial charge on any atom is -0.496 e. The molecule has 2 aromatic rings. The molecular weight excluding hydrogens is 308 g/mol. The van der Waals surface area contributed by atoms with Gasteiger partial charge >= 0.3 is 6.18 Å². The van der Waals surface area contributed by atoms with Gasteiger partial charge in [0.15, 0.2) is 0 Å². The lowest BCUT2D eigenvalue weighted by atomic mass is 9.98. The molecule has 2 rings (SSSR count). The van der Waals surface area contributed by atoms with Gasteiger partial charge in [0.2, 0.25) is 0 Å². The summed E-state index contributed by atoms with van der Waals surface area (Å²) in [6.07, 6.45) is -4.61. The molecule has 0 heterocycles. The normalized spacial score (nSPS) is 11.5. The van der Waals surface area contributed by atoms with Crippen LogP contribution in [-0.2, 0) is 12.6 Å². The smallest absolute Gasteiger partial charge is 0.420 e. The average molecular weight is 319 g/mol. The van der Waals surface area contributed by atoms with E-state index in [1.165, 1.54) is 31.4 Å². The van der Waals surface area contributed by atoms with Crippen molar-refractivity contribution in [3.63, 3.8) is 0 Å². The van der Waals surface area contributed by atoms with E-state index in [1.807, 2.05) is 0 Å². The first-order valence-electron chi connectivity index (χ1n) is 6.00. The second kappa shape index (κ2) is 5.93. The molecule has 0 N–H and O–H groups in total. The van der Waals surface area contributed by atoms with Crippen molar-refractivity contribution in [2.24, 2.45) is 0 Å². The third-order valence-corrected chi connectivity index (χ3v) is 3.36. The second-order valence-electron chi connectivity index (χ2n) is 4.40. The average Bonchev–Trinajstić information content (AvgIpc) is 2.40. The lowest BCUT2D eigenvalue weighted by Crippen LogP contribution is -2.12. The van der Waals surface area contributed by atoms with E-state index in [-0.39, 0.29) is 22.8 Å². The van der Waals surface area contributed by atoms with Crippen LogP contribution in [0.5, 0.6) is 5.75 Å². The van der Waals surface area contributed by atoms with Gasteiger partial charge in [-0.3, -0.25) is 0 Å². The molecule has 0 unspecified atom stereocenters. The molecule has 0 aliphatic carbocycles. The third kappa shape index (κ3) is 3.47. The molecule has 6 heteroatoms. The number of hydrogen-bond donors (Lipinski definition) is 0. The van der Waals surface area contributed by atoms with Gasteiger partial charge in [0.1, 0.15) is 17.1 Å². The number of rotatable bonds is 3. The summed E-state index contributed by atoms with van der Waals surface area (Å²) in [5, 5.41) is 0.0888. The van der Waals surface area contributed by atoms with E-state index in [0.717, 1.165) is 12.1 Å². The molecule has 112 valence electrons. The van der Waals surface area contributed by atoms with Crippen molar-refractivity contribution in [3.05, 3.63) is 63.9 Å². The van der Waals surface area contributed by atoms with Gasteiger partial charge in [0.05, 0.1) is 7.11 Å². The number of benzene rings is 2. The molecule has 0 saturated heterocycles. The summed E-state index contributed by atoms with van der Waals surface area (Å²) in [4.78, 5) is 0. The van der Waals surface area contributed by atoms with Crippen LogP contribution in [0.2, 0.25) is 5.02 Å². The highest BCUT2D eigenvalue weighted by Gasteiger charge is 2.36. The van der Waals surface area contributed by atoms with Gasteiger partial charge in [0, 0.05) is 5.02 Å². The van der Waals surface area contributed by atoms with Gasteiger partial charge in [-0.05, 0) is 35.7 Å². The van der Waals surface area contributed by atoms with Crippen molar-refractivity contribution in [2.75, 3.05) is 7.11 Å². The summed E-state index contributed by atoms with van der Waals surface area (Å²) in [6, 6.07) is 7.68. The van der Waals surface area contributed by atoms with Gasteiger partial charge in [0.25, 0.3) is 0 Å². The summed E-state index contributed by atoms with van der Waals surface area (Å²) in [5.41, 5.74) is -0.403. The fourth-order valence-electron chi connectivity index (χ4n) is 2.09. The van der Waals surface area contributed by atoms with E-state index in [4.69, 9.17) is 16.3 Å². The zero-order valence-electron chi connectivity index (χ0n) is 11.0. The predicted octanol–water partition coefficient (Wildman–Crippen LogP) is 5.10. The van der Waals surface area contributed by atoms with Crippen LogP contribution in [0.4, 0.5) is 17.6 Å². The first-order chi connectivity index (χ1) is 9.82. The van der Waals surface area contributed by atoms with E-state index in [0.29, 0.717) is 5.56 Å². The zero-order valence-corrected chi connectivity index (χ0v) is 11.7. The minimum atomic E-state index is -4.55. The Kier molecular flexibility index (Phi) is 4.42. The molecule has 0 aliphatic heterocycles. The second-order valence-corrected chi connectivity index (χ2v) is 4.81. The van der Waals surface area contributed by atoms with E-state index in [9.17, 15) is 17.6 Å². The fourth-order valence-corrected chi connectivity index (χ4v) is 2.32. The number of ether oxygens (including phenoxy) is 1. The van der Waals surface area contributed by atoms with Gasteiger partial charge < -0.3 is 4.74 Å². The Morgan fingerprint density at radius 1 is 1.10 bits per heavy atom. The largest absolute Gasteiger partial charge is 0.496 e. The van der Waals surface area contributed by atoms with Crippen molar-refractivity contribution in [2.45, 2.75) is 12.6 Å². The van der Waals surface area contributed by atoms with E-state index in [1.54, 1.807) is 0 Å². The van der Waals surface area contributed by atoms with Gasteiger partial charge in [-0.2, -0.15) is 13.2 Å². The van der Waals surface area contributed by atoms with Gasteiger partial charge in [-0.1, -0.05) is 29.8 Å². The lowest BCUT2D eigenvalue weighted by molar-refractivity contribution is -0.139.